The largest absolute Gasteiger partial charge is 0.342 e. The van der Waals surface area contributed by atoms with Crippen molar-refractivity contribution in [3.05, 3.63) is 0 Å². The topological polar surface area (TPSA) is 46.3 Å². The predicted molar refractivity (Wildman–Crippen MR) is 69.5 cm³/mol. The second-order valence-electron chi connectivity index (χ2n) is 6.29. The van der Waals surface area contributed by atoms with E-state index in [1.54, 1.807) is 0 Å². The highest BCUT2D eigenvalue weighted by Gasteiger charge is 2.36. The molecule has 17 heavy (non-hydrogen) atoms. The third-order valence-electron chi connectivity index (χ3n) is 4.92. The van der Waals surface area contributed by atoms with Crippen LogP contribution in [0.25, 0.3) is 0 Å². The van der Waals surface area contributed by atoms with E-state index in [2.05, 4.69) is 18.7 Å². The number of likely N-dealkylation sites (tertiary alicyclic amines) is 1. The average Bonchev–Trinajstić information content (AvgIpc) is 2.87. The third kappa shape index (κ3) is 2.82. The van der Waals surface area contributed by atoms with Gasteiger partial charge in [-0.05, 0) is 37.0 Å². The highest BCUT2D eigenvalue weighted by atomic mass is 16.2. The van der Waals surface area contributed by atoms with Gasteiger partial charge >= 0.3 is 0 Å². The van der Waals surface area contributed by atoms with Gasteiger partial charge in [0.15, 0.2) is 0 Å². The second kappa shape index (κ2) is 4.97. The Balaban J connectivity index is 1.85. The lowest BCUT2D eigenvalue weighted by atomic mass is 9.87. The quantitative estimate of drug-likeness (QED) is 0.819. The summed E-state index contributed by atoms with van der Waals surface area (Å²) >= 11 is 0. The molecule has 1 aliphatic carbocycles. The van der Waals surface area contributed by atoms with Crippen molar-refractivity contribution < 1.29 is 4.79 Å². The maximum Gasteiger partial charge on any atom is 0.222 e. The van der Waals surface area contributed by atoms with Crippen molar-refractivity contribution in [2.75, 3.05) is 13.1 Å². The summed E-state index contributed by atoms with van der Waals surface area (Å²) in [4.78, 5) is 14.3. The lowest BCUT2D eigenvalue weighted by Crippen LogP contribution is -2.35. The van der Waals surface area contributed by atoms with Crippen LogP contribution in [0, 0.1) is 11.3 Å². The zero-order valence-corrected chi connectivity index (χ0v) is 11.2. The smallest absolute Gasteiger partial charge is 0.222 e. The maximum atomic E-state index is 12.2. The van der Waals surface area contributed by atoms with Crippen LogP contribution in [0.5, 0.6) is 0 Å². The van der Waals surface area contributed by atoms with Crippen LogP contribution in [-0.2, 0) is 4.79 Å². The number of hydrogen-bond donors (Lipinski definition) is 1. The first-order chi connectivity index (χ1) is 8.04. The Bertz CT molecular complexity index is 292. The Hall–Kier alpha value is -0.570. The molecule has 2 N–H and O–H groups in total. The monoisotopic (exact) mass is 238 g/mol. The van der Waals surface area contributed by atoms with Gasteiger partial charge in [-0.2, -0.15) is 0 Å². The number of hydrogen-bond acceptors (Lipinski definition) is 2. The van der Waals surface area contributed by atoms with Crippen molar-refractivity contribution in [1.82, 2.24) is 4.90 Å². The molecule has 0 aromatic rings. The van der Waals surface area contributed by atoms with Crippen molar-refractivity contribution >= 4 is 5.91 Å². The lowest BCUT2D eigenvalue weighted by molar-refractivity contribution is -0.131. The van der Waals surface area contributed by atoms with Crippen molar-refractivity contribution in [2.45, 2.75) is 58.4 Å². The molecule has 2 rings (SSSR count). The van der Waals surface area contributed by atoms with Gasteiger partial charge in [0, 0.05) is 25.6 Å². The van der Waals surface area contributed by atoms with Crippen LogP contribution in [0.1, 0.15) is 52.4 Å². The molecule has 2 fully saturated rings. The maximum absolute atomic E-state index is 12.2. The van der Waals surface area contributed by atoms with Crippen LogP contribution in [-0.4, -0.2) is 29.9 Å². The first-order valence-corrected chi connectivity index (χ1v) is 7.07. The van der Waals surface area contributed by atoms with Crippen molar-refractivity contribution in [2.24, 2.45) is 17.1 Å². The molecule has 1 amide bonds. The van der Waals surface area contributed by atoms with Gasteiger partial charge in [-0.15, -0.1) is 0 Å². The van der Waals surface area contributed by atoms with Crippen LogP contribution in [0.4, 0.5) is 0 Å². The van der Waals surface area contributed by atoms with E-state index in [4.69, 9.17) is 5.73 Å². The fraction of sp³-hybridized carbons (Fsp3) is 0.929. The first-order valence-electron chi connectivity index (χ1n) is 7.07. The molecule has 3 heteroatoms. The molecular weight excluding hydrogens is 212 g/mol. The van der Waals surface area contributed by atoms with Crippen molar-refractivity contribution in [1.29, 1.82) is 0 Å². The van der Waals surface area contributed by atoms with E-state index in [9.17, 15) is 4.79 Å². The van der Waals surface area contributed by atoms with E-state index in [1.807, 2.05) is 0 Å². The number of carbonyl (C=O) groups excluding carboxylic acids is 1. The van der Waals surface area contributed by atoms with Crippen molar-refractivity contribution in [3.63, 3.8) is 0 Å². The summed E-state index contributed by atoms with van der Waals surface area (Å²) in [6.45, 7) is 6.41. The number of amides is 1. The fourth-order valence-corrected chi connectivity index (χ4v) is 3.20. The fourth-order valence-electron chi connectivity index (χ4n) is 3.20. The molecule has 3 atom stereocenters. The van der Waals surface area contributed by atoms with Gasteiger partial charge in [-0.25, -0.2) is 0 Å². The number of rotatable bonds is 3. The molecule has 0 spiro atoms. The minimum absolute atomic E-state index is 0.263. The van der Waals surface area contributed by atoms with E-state index in [0.29, 0.717) is 23.7 Å². The van der Waals surface area contributed by atoms with Gasteiger partial charge in [0.1, 0.15) is 0 Å². The number of nitrogens with two attached hydrogens (primary N) is 1. The Labute approximate surface area is 105 Å². The van der Waals surface area contributed by atoms with Gasteiger partial charge in [-0.1, -0.05) is 20.3 Å². The molecule has 1 saturated heterocycles. The van der Waals surface area contributed by atoms with E-state index in [0.717, 1.165) is 32.4 Å². The lowest BCUT2D eigenvalue weighted by Gasteiger charge is -2.24. The van der Waals surface area contributed by atoms with Gasteiger partial charge in [-0.3, -0.25) is 4.79 Å². The molecule has 0 radical (unpaired) electrons. The Morgan fingerprint density at radius 2 is 2.24 bits per heavy atom. The van der Waals surface area contributed by atoms with Crippen molar-refractivity contribution in [3.8, 4) is 0 Å². The van der Waals surface area contributed by atoms with Gasteiger partial charge in [0.25, 0.3) is 0 Å². The standard InChI is InChI=1S/C14H26N2O/c1-3-14(2)7-8-16(10-14)13(17)9-11-5-4-6-12(11)15/h11-12H,3-10,15H2,1-2H3/t11-,12+,14?/m0/s1. The van der Waals surface area contributed by atoms with Gasteiger partial charge in [0.2, 0.25) is 5.91 Å². The molecule has 1 unspecified atom stereocenters. The minimum Gasteiger partial charge on any atom is -0.342 e. The molecule has 1 aliphatic heterocycles. The summed E-state index contributed by atoms with van der Waals surface area (Å²) in [6.07, 6.45) is 6.45. The van der Waals surface area contributed by atoms with Crippen LogP contribution >= 0.6 is 0 Å². The summed E-state index contributed by atoms with van der Waals surface area (Å²) in [7, 11) is 0. The second-order valence-corrected chi connectivity index (χ2v) is 6.29. The molecule has 3 nitrogen and oxygen atoms in total. The summed E-state index contributed by atoms with van der Waals surface area (Å²) in [5.41, 5.74) is 6.39. The zero-order chi connectivity index (χ0) is 12.5. The molecule has 0 bridgehead atoms. The van der Waals surface area contributed by atoms with Gasteiger partial charge in [0.05, 0.1) is 0 Å². The summed E-state index contributed by atoms with van der Waals surface area (Å²) in [5, 5.41) is 0. The molecular formula is C14H26N2O. The van der Waals surface area contributed by atoms with E-state index >= 15 is 0 Å². The summed E-state index contributed by atoms with van der Waals surface area (Å²) in [5.74, 6) is 0.778. The highest BCUT2D eigenvalue weighted by Crippen LogP contribution is 2.34. The van der Waals surface area contributed by atoms with Crippen LogP contribution in [0.3, 0.4) is 0 Å². The summed E-state index contributed by atoms with van der Waals surface area (Å²) in [6, 6.07) is 0.263. The first kappa shape index (κ1) is 12.9. The zero-order valence-electron chi connectivity index (χ0n) is 11.2. The molecule has 1 heterocycles. The predicted octanol–water partition coefficient (Wildman–Crippen LogP) is 2.15. The SMILES string of the molecule is CCC1(C)CCN(C(=O)C[C@@H]2CCC[C@H]2N)C1. The van der Waals surface area contributed by atoms with E-state index in [-0.39, 0.29) is 6.04 Å². The molecule has 1 saturated carbocycles. The summed E-state index contributed by atoms with van der Waals surface area (Å²) < 4.78 is 0. The van der Waals surface area contributed by atoms with Crippen LogP contribution < -0.4 is 5.73 Å². The van der Waals surface area contributed by atoms with E-state index in [1.165, 1.54) is 12.8 Å². The highest BCUT2D eigenvalue weighted by molar-refractivity contribution is 5.77. The Morgan fingerprint density at radius 3 is 2.76 bits per heavy atom. The normalized spacial score (nSPS) is 37.7. The molecule has 0 aromatic heterocycles. The number of carbonyl (C=O) groups is 1. The number of nitrogens with zero attached hydrogens (tertiary/aromatic N) is 1. The Kier molecular flexibility index (Phi) is 3.76. The van der Waals surface area contributed by atoms with Crippen LogP contribution in [0.15, 0.2) is 0 Å². The average molecular weight is 238 g/mol. The van der Waals surface area contributed by atoms with Gasteiger partial charge < -0.3 is 10.6 Å². The van der Waals surface area contributed by atoms with E-state index < -0.39 is 0 Å². The molecule has 98 valence electrons. The van der Waals surface area contributed by atoms with Crippen LogP contribution in [0.2, 0.25) is 0 Å². The Morgan fingerprint density at radius 1 is 1.47 bits per heavy atom. The minimum atomic E-state index is 0.263. The molecule has 2 aliphatic rings. The molecule has 0 aromatic carbocycles. The third-order valence-corrected chi connectivity index (χ3v) is 4.92.